The maximum atomic E-state index is 10.8. The van der Waals surface area contributed by atoms with Gasteiger partial charge in [0.15, 0.2) is 0 Å². The maximum absolute atomic E-state index is 10.8. The van der Waals surface area contributed by atoms with Crippen LogP contribution in [-0.4, -0.2) is 34.3 Å². The molecular weight excluding hydrogens is 272 g/mol. The quantitative estimate of drug-likeness (QED) is 0.809. The zero-order valence-electron chi connectivity index (χ0n) is 12.2. The minimum absolute atomic E-state index is 0.123. The van der Waals surface area contributed by atoms with Crippen LogP contribution in [0.2, 0.25) is 0 Å². The van der Waals surface area contributed by atoms with Gasteiger partial charge in [-0.1, -0.05) is 19.3 Å². The van der Waals surface area contributed by atoms with Crippen molar-refractivity contribution in [1.29, 1.82) is 0 Å². The van der Waals surface area contributed by atoms with Crippen LogP contribution in [0.15, 0.2) is 0 Å². The molecule has 20 heavy (non-hydrogen) atoms. The number of hydrogen-bond donors (Lipinski definition) is 1. The van der Waals surface area contributed by atoms with Crippen LogP contribution in [0.25, 0.3) is 0 Å². The van der Waals surface area contributed by atoms with Gasteiger partial charge in [-0.05, 0) is 49.7 Å². The lowest BCUT2D eigenvalue weighted by Gasteiger charge is -2.33. The SMILES string of the molecule is O=C(O)CC1(CSCC2CCC3(CCCCC3)O2)CC1. The predicted octanol–water partition coefficient (Wildman–Crippen LogP) is 3.86. The van der Waals surface area contributed by atoms with E-state index in [-0.39, 0.29) is 11.0 Å². The van der Waals surface area contributed by atoms with Gasteiger partial charge in [0, 0.05) is 5.75 Å². The molecule has 4 heteroatoms. The van der Waals surface area contributed by atoms with Gasteiger partial charge in [0.05, 0.1) is 18.1 Å². The summed E-state index contributed by atoms with van der Waals surface area (Å²) in [5, 5.41) is 8.93. The lowest BCUT2D eigenvalue weighted by atomic mass is 9.83. The van der Waals surface area contributed by atoms with Crippen LogP contribution in [0, 0.1) is 5.41 Å². The van der Waals surface area contributed by atoms with Gasteiger partial charge in [-0.25, -0.2) is 0 Å². The molecule has 3 fully saturated rings. The van der Waals surface area contributed by atoms with Crippen molar-refractivity contribution in [3.05, 3.63) is 0 Å². The second-order valence-corrected chi connectivity index (χ2v) is 8.14. The van der Waals surface area contributed by atoms with E-state index in [0.29, 0.717) is 12.5 Å². The average Bonchev–Trinajstić information content (AvgIpc) is 3.05. The van der Waals surface area contributed by atoms with Gasteiger partial charge in [-0.2, -0.15) is 11.8 Å². The first kappa shape index (κ1) is 14.7. The van der Waals surface area contributed by atoms with E-state index in [2.05, 4.69) is 0 Å². The highest BCUT2D eigenvalue weighted by Gasteiger charge is 2.45. The molecule has 114 valence electrons. The Morgan fingerprint density at radius 3 is 2.55 bits per heavy atom. The number of carboxylic acid groups (broad SMARTS) is 1. The molecule has 3 aliphatic rings. The van der Waals surface area contributed by atoms with E-state index in [0.717, 1.165) is 24.3 Å². The molecule has 0 radical (unpaired) electrons. The molecule has 0 aromatic heterocycles. The Morgan fingerprint density at radius 1 is 1.15 bits per heavy atom. The fourth-order valence-corrected chi connectivity index (χ4v) is 5.29. The topological polar surface area (TPSA) is 46.5 Å². The summed E-state index contributed by atoms with van der Waals surface area (Å²) in [5.74, 6) is 1.43. The van der Waals surface area contributed by atoms with Gasteiger partial charge < -0.3 is 9.84 Å². The third kappa shape index (κ3) is 3.51. The smallest absolute Gasteiger partial charge is 0.303 e. The number of carbonyl (C=O) groups is 1. The molecule has 1 N–H and O–H groups in total. The highest BCUT2D eigenvalue weighted by molar-refractivity contribution is 7.99. The summed E-state index contributed by atoms with van der Waals surface area (Å²) in [5.41, 5.74) is 0.347. The van der Waals surface area contributed by atoms with E-state index >= 15 is 0 Å². The highest BCUT2D eigenvalue weighted by atomic mass is 32.2. The first-order valence-corrected chi connectivity index (χ1v) is 9.24. The molecule has 2 saturated carbocycles. The molecule has 3 nitrogen and oxygen atoms in total. The molecule has 1 unspecified atom stereocenters. The van der Waals surface area contributed by atoms with Crippen molar-refractivity contribution >= 4 is 17.7 Å². The van der Waals surface area contributed by atoms with Crippen molar-refractivity contribution in [3.8, 4) is 0 Å². The molecule has 0 bridgehead atoms. The number of carboxylic acids is 1. The Labute approximate surface area is 125 Å². The minimum atomic E-state index is -0.638. The van der Waals surface area contributed by atoms with E-state index in [1.165, 1.54) is 44.9 Å². The summed E-state index contributed by atoms with van der Waals surface area (Å²) in [4.78, 5) is 10.8. The average molecular weight is 298 g/mol. The zero-order valence-corrected chi connectivity index (χ0v) is 13.1. The first-order valence-electron chi connectivity index (χ1n) is 8.09. The Balaban J connectivity index is 1.38. The molecule has 1 aliphatic heterocycles. The number of hydrogen-bond acceptors (Lipinski definition) is 3. The summed E-state index contributed by atoms with van der Waals surface area (Å²) in [6.07, 6.45) is 12.0. The molecule has 1 spiro atoms. The number of thioether (sulfide) groups is 1. The van der Waals surface area contributed by atoms with Crippen LogP contribution < -0.4 is 0 Å². The lowest BCUT2D eigenvalue weighted by molar-refractivity contribution is -0.138. The summed E-state index contributed by atoms with van der Waals surface area (Å²) in [7, 11) is 0. The lowest BCUT2D eigenvalue weighted by Crippen LogP contribution is -2.32. The van der Waals surface area contributed by atoms with E-state index in [1.807, 2.05) is 11.8 Å². The fraction of sp³-hybridized carbons (Fsp3) is 0.938. The molecule has 1 atom stereocenters. The van der Waals surface area contributed by atoms with Crippen LogP contribution >= 0.6 is 11.8 Å². The monoisotopic (exact) mass is 298 g/mol. The normalized spacial score (nSPS) is 30.5. The molecular formula is C16H26O3S. The summed E-state index contributed by atoms with van der Waals surface area (Å²) in [6, 6.07) is 0. The van der Waals surface area contributed by atoms with Gasteiger partial charge >= 0.3 is 5.97 Å². The number of rotatable bonds is 6. The molecule has 2 aliphatic carbocycles. The Morgan fingerprint density at radius 2 is 1.90 bits per heavy atom. The third-order valence-electron chi connectivity index (χ3n) is 5.30. The summed E-state index contributed by atoms with van der Waals surface area (Å²) < 4.78 is 6.37. The van der Waals surface area contributed by atoms with Crippen LogP contribution in [0.3, 0.4) is 0 Å². The molecule has 1 heterocycles. The second-order valence-electron chi connectivity index (χ2n) is 7.11. The number of aliphatic carboxylic acids is 1. The van der Waals surface area contributed by atoms with Gasteiger partial charge in [0.1, 0.15) is 0 Å². The van der Waals surface area contributed by atoms with Gasteiger partial charge in [-0.3, -0.25) is 4.79 Å². The van der Waals surface area contributed by atoms with Crippen LogP contribution in [0.5, 0.6) is 0 Å². The fourth-order valence-electron chi connectivity index (χ4n) is 3.85. The van der Waals surface area contributed by atoms with Crippen molar-refractivity contribution in [2.24, 2.45) is 5.41 Å². The van der Waals surface area contributed by atoms with E-state index in [9.17, 15) is 4.79 Å². The third-order valence-corrected chi connectivity index (χ3v) is 6.72. The second kappa shape index (κ2) is 5.88. The molecule has 0 aromatic carbocycles. The van der Waals surface area contributed by atoms with Crippen molar-refractivity contribution in [2.45, 2.75) is 75.9 Å². The van der Waals surface area contributed by atoms with Crippen molar-refractivity contribution in [3.63, 3.8) is 0 Å². The highest BCUT2D eigenvalue weighted by Crippen LogP contribution is 2.51. The Kier molecular flexibility index (Phi) is 4.32. The van der Waals surface area contributed by atoms with Crippen molar-refractivity contribution in [2.75, 3.05) is 11.5 Å². The summed E-state index contributed by atoms with van der Waals surface area (Å²) >= 11 is 1.92. The Hall–Kier alpha value is -0.220. The zero-order chi connectivity index (χ0) is 14.1. The van der Waals surface area contributed by atoms with E-state index in [1.54, 1.807) is 0 Å². The Bertz CT molecular complexity index is 359. The predicted molar refractivity (Wildman–Crippen MR) is 81.2 cm³/mol. The number of ether oxygens (including phenoxy) is 1. The van der Waals surface area contributed by atoms with Crippen LogP contribution in [0.4, 0.5) is 0 Å². The standard InChI is InChI=1S/C16H26O3S/c17-14(18)10-15(8-9-15)12-20-11-13-4-7-16(19-13)5-2-1-3-6-16/h13H,1-12H2,(H,17,18). The minimum Gasteiger partial charge on any atom is -0.481 e. The van der Waals surface area contributed by atoms with E-state index in [4.69, 9.17) is 9.84 Å². The van der Waals surface area contributed by atoms with E-state index < -0.39 is 5.97 Å². The van der Waals surface area contributed by atoms with Crippen LogP contribution in [-0.2, 0) is 9.53 Å². The summed E-state index contributed by atoms with van der Waals surface area (Å²) in [6.45, 7) is 0. The molecule has 0 amide bonds. The van der Waals surface area contributed by atoms with Gasteiger partial charge in [-0.15, -0.1) is 0 Å². The maximum Gasteiger partial charge on any atom is 0.303 e. The van der Waals surface area contributed by atoms with Gasteiger partial charge in [0.2, 0.25) is 0 Å². The molecule has 0 aromatic rings. The first-order chi connectivity index (χ1) is 9.62. The van der Waals surface area contributed by atoms with Crippen molar-refractivity contribution < 1.29 is 14.6 Å². The van der Waals surface area contributed by atoms with Crippen LogP contribution in [0.1, 0.15) is 64.2 Å². The molecule has 3 rings (SSSR count). The van der Waals surface area contributed by atoms with Crippen molar-refractivity contribution in [1.82, 2.24) is 0 Å². The van der Waals surface area contributed by atoms with Gasteiger partial charge in [0.25, 0.3) is 0 Å². The molecule has 1 saturated heterocycles. The largest absolute Gasteiger partial charge is 0.481 e.